The molecule has 3 aromatic carbocycles. The number of alkyl halides is 3. The number of carboxylic acids is 1. The van der Waals surface area contributed by atoms with E-state index >= 15 is 0 Å². The Labute approximate surface area is 245 Å². The maximum atomic E-state index is 13.6. The summed E-state index contributed by atoms with van der Waals surface area (Å²) in [7, 11) is 0. The van der Waals surface area contributed by atoms with Gasteiger partial charge in [0.15, 0.2) is 0 Å². The number of carbonyl (C=O) groups is 1. The molecular weight excluding hydrogens is 551 g/mol. The average Bonchev–Trinajstić information content (AvgIpc) is 2.95. The third-order valence-corrected chi connectivity index (χ3v) is 8.27. The van der Waals surface area contributed by atoms with Crippen LogP contribution in [-0.4, -0.2) is 35.7 Å². The first-order valence-electron chi connectivity index (χ1n) is 14.3. The fourth-order valence-corrected chi connectivity index (χ4v) is 6.13. The Hall–Kier alpha value is -3.03. The Balaban J connectivity index is 1.51. The van der Waals surface area contributed by atoms with Crippen LogP contribution in [0.1, 0.15) is 66.7 Å². The molecule has 0 bridgehead atoms. The van der Waals surface area contributed by atoms with Crippen molar-refractivity contribution in [2.45, 2.75) is 63.6 Å². The zero-order valence-electron chi connectivity index (χ0n) is 23.1. The van der Waals surface area contributed by atoms with Gasteiger partial charge in [-0.15, -0.1) is 0 Å². The summed E-state index contributed by atoms with van der Waals surface area (Å²) in [5.74, 6) is 0.464. The maximum absolute atomic E-state index is 13.6. The lowest BCUT2D eigenvalue weighted by molar-refractivity contribution is -0.138. The van der Waals surface area contributed by atoms with Crippen LogP contribution in [0.4, 0.5) is 13.2 Å². The van der Waals surface area contributed by atoms with Gasteiger partial charge in [-0.3, -0.25) is 9.69 Å². The molecule has 1 N–H and O–H groups in total. The lowest BCUT2D eigenvalue weighted by Gasteiger charge is -2.35. The number of rotatable bonds is 13. The van der Waals surface area contributed by atoms with Crippen LogP contribution < -0.4 is 4.74 Å². The molecule has 1 aliphatic rings. The van der Waals surface area contributed by atoms with Crippen LogP contribution in [0, 0.1) is 5.92 Å². The van der Waals surface area contributed by atoms with E-state index < -0.39 is 17.7 Å². The van der Waals surface area contributed by atoms with E-state index in [4.69, 9.17) is 21.4 Å². The van der Waals surface area contributed by atoms with E-state index in [1.165, 1.54) is 30.9 Å². The van der Waals surface area contributed by atoms with Crippen LogP contribution in [0.15, 0.2) is 72.8 Å². The Morgan fingerprint density at radius 3 is 2.44 bits per heavy atom. The van der Waals surface area contributed by atoms with Crippen molar-refractivity contribution < 1.29 is 27.8 Å². The third-order valence-electron chi connectivity index (χ3n) is 7.82. The molecule has 1 fully saturated rings. The van der Waals surface area contributed by atoms with E-state index in [9.17, 15) is 18.0 Å². The number of carboxylic acid groups (broad SMARTS) is 1. The van der Waals surface area contributed by atoms with Crippen molar-refractivity contribution in [2.75, 3.05) is 19.7 Å². The van der Waals surface area contributed by atoms with E-state index in [2.05, 4.69) is 17.0 Å². The standard InChI is InChI=1S/C33H37ClF3NO3/c34-32-27(15-8-17-30(32)33(35,36)37)22-38(18-9-19-41-28-16-7-10-24(20-28)21-31(39)40)23-29(25-11-3-1-4-12-25)26-13-5-2-6-14-26/h1,3-4,7-8,10-12,15-17,20,26,29H,2,5-6,9,13-14,18-19,21-23H2,(H,39,40)/t29-/m1/s1. The van der Waals surface area contributed by atoms with E-state index in [1.807, 2.05) is 18.2 Å². The molecule has 1 aliphatic carbocycles. The van der Waals surface area contributed by atoms with Crippen LogP contribution in [0.2, 0.25) is 5.02 Å². The molecule has 8 heteroatoms. The lowest BCUT2D eigenvalue weighted by Crippen LogP contribution is -2.34. The summed E-state index contributed by atoms with van der Waals surface area (Å²) < 4.78 is 46.7. The molecule has 4 nitrogen and oxygen atoms in total. The Kier molecular flexibility index (Phi) is 11.1. The second kappa shape index (κ2) is 14.7. The van der Waals surface area contributed by atoms with Crippen LogP contribution in [0.3, 0.4) is 0 Å². The number of ether oxygens (including phenoxy) is 1. The van der Waals surface area contributed by atoms with Crippen molar-refractivity contribution in [2.24, 2.45) is 5.92 Å². The number of benzene rings is 3. The zero-order valence-corrected chi connectivity index (χ0v) is 23.8. The topological polar surface area (TPSA) is 49.8 Å². The predicted octanol–water partition coefficient (Wildman–Crippen LogP) is 8.62. The maximum Gasteiger partial charge on any atom is 0.417 e. The largest absolute Gasteiger partial charge is 0.494 e. The molecule has 0 aromatic heterocycles. The number of hydrogen-bond acceptors (Lipinski definition) is 3. The number of nitrogens with zero attached hydrogens (tertiary/aromatic N) is 1. The minimum absolute atomic E-state index is 0.0786. The van der Waals surface area contributed by atoms with Gasteiger partial charge in [0.2, 0.25) is 0 Å². The summed E-state index contributed by atoms with van der Waals surface area (Å²) in [6, 6.07) is 21.6. The van der Waals surface area contributed by atoms with Crippen LogP contribution >= 0.6 is 11.6 Å². The highest BCUT2D eigenvalue weighted by Crippen LogP contribution is 2.39. The van der Waals surface area contributed by atoms with E-state index in [-0.39, 0.29) is 17.4 Å². The van der Waals surface area contributed by atoms with Gasteiger partial charge in [-0.25, -0.2) is 0 Å². The SMILES string of the molecule is O=C(O)Cc1cccc(OCCCN(Cc2cccc(C(F)(F)F)c2Cl)C[C@H](c2ccccc2)C2CCCCC2)c1. The fraction of sp³-hybridized carbons (Fsp3) is 0.424. The summed E-state index contributed by atoms with van der Waals surface area (Å²) in [6.45, 7) is 2.00. The molecule has 4 rings (SSSR count). The van der Waals surface area contributed by atoms with Gasteiger partial charge in [0.1, 0.15) is 5.75 Å². The highest BCUT2D eigenvalue weighted by Gasteiger charge is 2.34. The zero-order chi connectivity index (χ0) is 29.2. The van der Waals surface area contributed by atoms with Crippen molar-refractivity contribution >= 4 is 17.6 Å². The highest BCUT2D eigenvalue weighted by atomic mass is 35.5. The average molecular weight is 588 g/mol. The highest BCUT2D eigenvalue weighted by molar-refractivity contribution is 6.32. The van der Waals surface area contributed by atoms with Gasteiger partial charge in [0.05, 0.1) is 23.6 Å². The van der Waals surface area contributed by atoms with Crippen molar-refractivity contribution in [3.8, 4) is 5.75 Å². The molecule has 0 amide bonds. The van der Waals surface area contributed by atoms with Gasteiger partial charge in [-0.2, -0.15) is 13.2 Å². The smallest absolute Gasteiger partial charge is 0.417 e. The van der Waals surface area contributed by atoms with Crippen LogP contribution in [0.5, 0.6) is 5.75 Å². The molecule has 1 atom stereocenters. The van der Waals surface area contributed by atoms with E-state index in [0.717, 1.165) is 18.9 Å². The number of halogens is 4. The second-order valence-electron chi connectivity index (χ2n) is 10.8. The molecular formula is C33H37ClF3NO3. The normalized spacial score (nSPS) is 15.1. The molecule has 41 heavy (non-hydrogen) atoms. The Morgan fingerprint density at radius 1 is 1.00 bits per heavy atom. The summed E-state index contributed by atoms with van der Waals surface area (Å²) in [5.41, 5.74) is 1.56. The number of hydrogen-bond donors (Lipinski definition) is 1. The molecule has 220 valence electrons. The Morgan fingerprint density at radius 2 is 1.73 bits per heavy atom. The molecule has 0 aliphatic heterocycles. The first-order valence-corrected chi connectivity index (χ1v) is 14.6. The van der Waals surface area contributed by atoms with Crippen LogP contribution in [0.25, 0.3) is 0 Å². The molecule has 0 heterocycles. The molecule has 3 aromatic rings. The minimum Gasteiger partial charge on any atom is -0.494 e. The molecule has 1 saturated carbocycles. The van der Waals surface area contributed by atoms with Gasteiger partial charge in [0, 0.05) is 19.6 Å². The summed E-state index contributed by atoms with van der Waals surface area (Å²) in [5, 5.41) is 8.82. The van der Waals surface area contributed by atoms with Gasteiger partial charge < -0.3 is 9.84 Å². The minimum atomic E-state index is -4.52. The monoisotopic (exact) mass is 587 g/mol. The first kappa shape index (κ1) is 30.9. The number of aliphatic carboxylic acids is 1. The molecule has 0 spiro atoms. The summed E-state index contributed by atoms with van der Waals surface area (Å²) in [6.07, 6.45) is 1.98. The second-order valence-corrected chi connectivity index (χ2v) is 11.2. The third kappa shape index (κ3) is 9.23. The van der Waals surface area contributed by atoms with Crippen molar-refractivity contribution in [3.63, 3.8) is 0 Å². The van der Waals surface area contributed by atoms with E-state index in [0.29, 0.717) is 55.5 Å². The van der Waals surface area contributed by atoms with Gasteiger partial charge in [0.25, 0.3) is 0 Å². The van der Waals surface area contributed by atoms with Crippen molar-refractivity contribution in [1.82, 2.24) is 4.90 Å². The first-order chi connectivity index (χ1) is 19.7. The lowest BCUT2D eigenvalue weighted by atomic mass is 9.76. The fourth-order valence-electron chi connectivity index (χ4n) is 5.84. The quantitative estimate of drug-likeness (QED) is 0.203. The summed E-state index contributed by atoms with van der Waals surface area (Å²) in [4.78, 5) is 13.3. The van der Waals surface area contributed by atoms with Gasteiger partial charge >= 0.3 is 12.1 Å². The summed E-state index contributed by atoms with van der Waals surface area (Å²) >= 11 is 6.32. The van der Waals surface area contributed by atoms with Gasteiger partial charge in [-0.1, -0.05) is 85.5 Å². The molecule has 0 radical (unpaired) electrons. The molecule has 0 saturated heterocycles. The van der Waals surface area contributed by atoms with E-state index in [1.54, 1.807) is 30.3 Å². The van der Waals surface area contributed by atoms with Crippen molar-refractivity contribution in [3.05, 3.63) is 100 Å². The van der Waals surface area contributed by atoms with Crippen molar-refractivity contribution in [1.29, 1.82) is 0 Å². The molecule has 0 unspecified atom stereocenters. The van der Waals surface area contributed by atoms with Crippen LogP contribution in [-0.2, 0) is 23.9 Å². The van der Waals surface area contributed by atoms with Gasteiger partial charge in [-0.05, 0) is 66.0 Å². The predicted molar refractivity (Wildman–Crippen MR) is 155 cm³/mol. The Bertz CT molecular complexity index is 1260.